The van der Waals surface area contributed by atoms with Crippen LogP contribution in [-0.4, -0.2) is 73.5 Å². The highest BCUT2D eigenvalue weighted by Crippen LogP contribution is 2.52. The summed E-state index contributed by atoms with van der Waals surface area (Å²) < 4.78 is 137. The number of hydrogen-bond donors (Lipinski definition) is 1. The Morgan fingerprint density at radius 3 is 1.34 bits per heavy atom. The van der Waals surface area contributed by atoms with E-state index in [4.69, 9.17) is 18.6 Å². The number of halogens is 8. The fourth-order valence-electron chi connectivity index (χ4n) is 9.92. The Morgan fingerprint density at radius 2 is 0.963 bits per heavy atom. The maximum absolute atomic E-state index is 14.8. The van der Waals surface area contributed by atoms with Crippen molar-refractivity contribution in [3.05, 3.63) is 189 Å². The van der Waals surface area contributed by atoms with Crippen LogP contribution in [0.4, 0.5) is 35.1 Å². The van der Waals surface area contributed by atoms with E-state index in [0.717, 1.165) is 46.4 Å². The quantitative estimate of drug-likeness (QED) is 0.0660. The first-order valence-corrected chi connectivity index (χ1v) is 29.9. The molecule has 23 heteroatoms. The number of rotatable bonds is 18. The van der Waals surface area contributed by atoms with Gasteiger partial charge in [-0.1, -0.05) is 89.3 Å². The van der Waals surface area contributed by atoms with E-state index in [1.807, 2.05) is 6.07 Å². The molecule has 3 aliphatic rings. The molecule has 1 N–H and O–H groups in total. The molecule has 3 amide bonds. The number of carbonyl (C=O) groups is 3. The largest absolute Gasteiger partial charge is 0.540 e. The lowest BCUT2D eigenvalue weighted by molar-refractivity contribution is -0.123. The van der Waals surface area contributed by atoms with Gasteiger partial charge in [-0.2, -0.15) is 10.2 Å². The zero-order chi connectivity index (χ0) is 59.3. The Hall–Kier alpha value is -7.37. The van der Waals surface area contributed by atoms with Crippen LogP contribution in [0.1, 0.15) is 108 Å². The standard InChI is InChI=1S/C31H34F4N2O3SSi.C28H23F4N3O4S/c1-17(2)42(18(3)4,19(5)6)40-26-10-8-9-23(28(26)39-7)31-37(30(38)27-24(34)15-22(33)16-25(27)35)36-29(41-31)20-11-13-21(32)14-12-20;1-38-25-19(3-2-4-22(25)39-14-23(36)33-13-15-5-6-15)28-35(27(37)24-20(31)11-18(30)12-21(24)32)34-26(40-28)16-7-9-17(29)10-8-16/h8-19,31H,1-7H3;2-4,7-12,15,28H,5-6,13-14H2,1H3,(H,33,36). The summed E-state index contributed by atoms with van der Waals surface area (Å²) in [5.74, 6) is -9.61. The van der Waals surface area contributed by atoms with Crippen molar-refractivity contribution in [2.75, 3.05) is 27.4 Å². The van der Waals surface area contributed by atoms with Crippen LogP contribution >= 0.6 is 23.5 Å². The number of nitrogens with one attached hydrogen (secondary N) is 1. The molecule has 6 aromatic rings. The summed E-state index contributed by atoms with van der Waals surface area (Å²) in [7, 11) is 0.427. The molecule has 2 atom stereocenters. The number of amides is 3. The van der Waals surface area contributed by atoms with Gasteiger partial charge in [0.2, 0.25) is 0 Å². The van der Waals surface area contributed by atoms with E-state index in [2.05, 4.69) is 57.1 Å². The van der Waals surface area contributed by atoms with Crippen molar-refractivity contribution in [3.8, 4) is 23.0 Å². The van der Waals surface area contributed by atoms with Crippen LogP contribution in [0.3, 0.4) is 0 Å². The molecule has 0 saturated heterocycles. The Labute approximate surface area is 478 Å². The summed E-state index contributed by atoms with van der Waals surface area (Å²) in [6.07, 6.45) is 2.16. The molecule has 1 aliphatic carbocycles. The Balaban J connectivity index is 0.000000215. The number of nitrogens with zero attached hydrogens (tertiary/aromatic N) is 4. The van der Waals surface area contributed by atoms with Gasteiger partial charge in [0, 0.05) is 53.1 Å². The van der Waals surface area contributed by atoms with Crippen LogP contribution in [0.2, 0.25) is 16.6 Å². The fraction of sp³-hybridized carbons (Fsp3) is 0.305. The first kappa shape index (κ1) is 60.7. The van der Waals surface area contributed by atoms with Gasteiger partial charge in [0.1, 0.15) is 84.2 Å². The Bertz CT molecular complexity index is 3360. The van der Waals surface area contributed by atoms with Gasteiger partial charge in [-0.3, -0.25) is 14.4 Å². The van der Waals surface area contributed by atoms with Crippen LogP contribution in [0.15, 0.2) is 119 Å². The second kappa shape index (κ2) is 25.8. The summed E-state index contributed by atoms with van der Waals surface area (Å²) in [6, 6.07) is 22.6. The van der Waals surface area contributed by atoms with Crippen molar-refractivity contribution in [2.45, 2.75) is 81.8 Å². The van der Waals surface area contributed by atoms with Crippen molar-refractivity contribution in [2.24, 2.45) is 16.1 Å². The van der Waals surface area contributed by atoms with Gasteiger partial charge in [-0.05, 0) is 96.0 Å². The van der Waals surface area contributed by atoms with Crippen LogP contribution in [0.5, 0.6) is 23.0 Å². The monoisotopic (exact) mass is 1190 g/mol. The summed E-state index contributed by atoms with van der Waals surface area (Å²) in [5.41, 5.74) is 0.646. The van der Waals surface area contributed by atoms with Crippen LogP contribution in [0.25, 0.3) is 0 Å². The third kappa shape index (κ3) is 13.1. The van der Waals surface area contributed by atoms with Crippen LogP contribution in [-0.2, 0) is 4.79 Å². The molecular formula is C59H57F8N5O7S2Si. The lowest BCUT2D eigenvalue weighted by atomic mass is 10.1. The molecular weight excluding hydrogens is 1130 g/mol. The van der Waals surface area contributed by atoms with Crippen molar-refractivity contribution in [1.82, 2.24) is 15.3 Å². The predicted octanol–water partition coefficient (Wildman–Crippen LogP) is 14.5. The predicted molar refractivity (Wildman–Crippen MR) is 300 cm³/mol. The molecule has 1 saturated carbocycles. The second-order valence-corrected chi connectivity index (χ2v) is 27.8. The number of para-hydroxylation sites is 2. The van der Waals surface area contributed by atoms with E-state index in [9.17, 15) is 49.5 Å². The highest BCUT2D eigenvalue weighted by Gasteiger charge is 2.48. The van der Waals surface area contributed by atoms with E-state index < -0.39 is 88.5 Å². The topological polar surface area (TPSA) is 131 Å². The van der Waals surface area contributed by atoms with Gasteiger partial charge in [0.05, 0.1) is 14.2 Å². The van der Waals surface area contributed by atoms with Gasteiger partial charge in [0.15, 0.2) is 23.9 Å². The van der Waals surface area contributed by atoms with Gasteiger partial charge in [0.25, 0.3) is 26.0 Å². The lowest BCUT2D eigenvalue weighted by Gasteiger charge is -2.42. The van der Waals surface area contributed by atoms with E-state index in [1.54, 1.807) is 30.3 Å². The van der Waals surface area contributed by atoms with Gasteiger partial charge >= 0.3 is 0 Å². The molecule has 0 bridgehead atoms. The summed E-state index contributed by atoms with van der Waals surface area (Å²) in [4.78, 5) is 39.4. The molecule has 2 aliphatic heterocycles. The number of thioether (sulfide) groups is 2. The van der Waals surface area contributed by atoms with Gasteiger partial charge in [-0.25, -0.2) is 45.1 Å². The SMILES string of the molecule is COc1c(OCC(=O)NCC2CC2)cccc1C1SC(c2ccc(F)cc2)=NN1C(=O)c1c(F)cc(F)cc1F.COc1c(O[Si](C(C)C)(C(C)C)C(C)C)cccc1C1SC(c2ccc(F)cc2)=NN1C(=O)c1c(F)cc(F)cc1F. The molecule has 0 aromatic heterocycles. The summed E-state index contributed by atoms with van der Waals surface area (Å²) in [5, 5.41) is 11.9. The fourth-order valence-corrected chi connectivity index (χ4v) is 17.5. The molecule has 2 unspecified atom stereocenters. The lowest BCUT2D eigenvalue weighted by Crippen LogP contribution is -2.50. The number of ether oxygens (including phenoxy) is 3. The zero-order valence-electron chi connectivity index (χ0n) is 45.7. The minimum absolute atomic E-state index is 0.170. The third-order valence-corrected chi connectivity index (χ3v) is 22.3. The minimum Gasteiger partial charge on any atom is -0.540 e. The van der Waals surface area contributed by atoms with Crippen molar-refractivity contribution in [3.63, 3.8) is 0 Å². The highest BCUT2D eigenvalue weighted by molar-refractivity contribution is 8.15. The Morgan fingerprint density at radius 1 is 0.573 bits per heavy atom. The third-order valence-electron chi connectivity index (χ3n) is 13.9. The summed E-state index contributed by atoms with van der Waals surface area (Å²) in [6.45, 7) is 13.2. The minimum atomic E-state index is -2.43. The van der Waals surface area contributed by atoms with Crippen LogP contribution in [0, 0.1) is 52.5 Å². The molecule has 1 fully saturated rings. The average Bonchev–Trinajstić information content (AvgIpc) is 4.21. The zero-order valence-corrected chi connectivity index (χ0v) is 48.3. The highest BCUT2D eigenvalue weighted by atomic mass is 32.2. The molecule has 9 rings (SSSR count). The number of carbonyl (C=O) groups excluding carboxylic acids is 3. The van der Waals surface area contributed by atoms with Crippen molar-refractivity contribution < 1.29 is 68.1 Å². The first-order valence-electron chi connectivity index (χ1n) is 26.0. The van der Waals surface area contributed by atoms with E-state index >= 15 is 0 Å². The maximum atomic E-state index is 14.8. The van der Waals surface area contributed by atoms with Crippen molar-refractivity contribution >= 4 is 59.7 Å². The normalized spacial score (nSPS) is 16.0. The molecule has 432 valence electrons. The van der Waals surface area contributed by atoms with Crippen LogP contribution < -0.4 is 24.0 Å². The smallest absolute Gasteiger partial charge is 0.281 e. The molecule has 82 heavy (non-hydrogen) atoms. The number of methoxy groups -OCH3 is 2. The number of hydrazone groups is 2. The van der Waals surface area contributed by atoms with E-state index in [0.29, 0.717) is 75.5 Å². The van der Waals surface area contributed by atoms with Crippen molar-refractivity contribution in [1.29, 1.82) is 0 Å². The molecule has 6 aromatic carbocycles. The first-order chi connectivity index (χ1) is 39.1. The molecule has 12 nitrogen and oxygen atoms in total. The van der Waals surface area contributed by atoms with Gasteiger partial charge < -0.3 is 24.0 Å². The molecule has 0 spiro atoms. The number of hydrogen-bond acceptors (Lipinski definition) is 11. The molecule has 2 heterocycles. The molecule has 0 radical (unpaired) electrons. The van der Waals surface area contributed by atoms with E-state index in [-0.39, 0.29) is 45.7 Å². The van der Waals surface area contributed by atoms with Gasteiger partial charge in [-0.15, -0.1) is 0 Å². The summed E-state index contributed by atoms with van der Waals surface area (Å²) >= 11 is 2.18. The Kier molecular flexibility index (Phi) is 19.1. The van der Waals surface area contributed by atoms with E-state index in [1.165, 1.54) is 62.8 Å². The second-order valence-electron chi connectivity index (χ2n) is 20.3. The maximum Gasteiger partial charge on any atom is 0.281 e. The number of benzene rings is 6. The average molecular weight is 1190 g/mol.